The average molecular weight is 462 g/mol. The summed E-state index contributed by atoms with van der Waals surface area (Å²) < 4.78 is 38.5. The van der Waals surface area contributed by atoms with Gasteiger partial charge in [0.1, 0.15) is 0 Å². The van der Waals surface area contributed by atoms with Gasteiger partial charge in [-0.2, -0.15) is 0 Å². The fourth-order valence-corrected chi connectivity index (χ4v) is 3.69. The van der Waals surface area contributed by atoms with Gasteiger partial charge in [0, 0.05) is 12.3 Å². The van der Waals surface area contributed by atoms with Gasteiger partial charge in [-0.05, 0) is 50.2 Å². The van der Waals surface area contributed by atoms with E-state index < -0.39 is 16.1 Å². The van der Waals surface area contributed by atoms with Crippen LogP contribution in [0.25, 0.3) is 0 Å². The van der Waals surface area contributed by atoms with E-state index in [4.69, 9.17) is 21.1 Å². The number of aryl methyl sites for hydroxylation is 1. The van der Waals surface area contributed by atoms with E-state index in [1.165, 1.54) is 36.5 Å². The molecule has 1 heterocycles. The van der Waals surface area contributed by atoms with Crippen molar-refractivity contribution >= 4 is 39.1 Å². The molecule has 3 aromatic rings. The lowest BCUT2D eigenvalue weighted by Crippen LogP contribution is -2.15. The summed E-state index contributed by atoms with van der Waals surface area (Å²) >= 11 is 5.83. The van der Waals surface area contributed by atoms with Gasteiger partial charge in [0.15, 0.2) is 5.75 Å². The van der Waals surface area contributed by atoms with Gasteiger partial charge >= 0.3 is 6.09 Å². The Bertz CT molecular complexity index is 1170. The average Bonchev–Trinajstić information content (AvgIpc) is 2.72. The first-order valence-electron chi connectivity index (χ1n) is 9.23. The second-order valence-electron chi connectivity index (χ2n) is 6.39. The highest BCUT2D eigenvalue weighted by Gasteiger charge is 2.17. The third-order valence-corrected chi connectivity index (χ3v) is 5.61. The maximum absolute atomic E-state index is 12.7. The van der Waals surface area contributed by atoms with E-state index in [9.17, 15) is 13.2 Å². The summed E-state index contributed by atoms with van der Waals surface area (Å²) in [5.74, 6) is 0.477. The van der Waals surface area contributed by atoms with Crippen LogP contribution >= 0.6 is 11.6 Å². The van der Waals surface area contributed by atoms with Crippen LogP contribution in [0, 0.1) is 6.92 Å². The van der Waals surface area contributed by atoms with Crippen molar-refractivity contribution in [1.82, 2.24) is 4.98 Å². The van der Waals surface area contributed by atoms with Gasteiger partial charge in [-0.3, -0.25) is 10.0 Å². The zero-order valence-electron chi connectivity index (χ0n) is 16.8. The molecule has 2 aromatic carbocycles. The van der Waals surface area contributed by atoms with E-state index in [0.717, 1.165) is 5.56 Å². The molecule has 0 aliphatic rings. The van der Waals surface area contributed by atoms with Crippen molar-refractivity contribution in [3.8, 4) is 11.6 Å². The number of rotatable bonds is 7. The molecule has 0 fully saturated rings. The minimum absolute atomic E-state index is 0.115. The summed E-state index contributed by atoms with van der Waals surface area (Å²) in [6.45, 7) is 3.70. The van der Waals surface area contributed by atoms with Crippen LogP contribution in [0.4, 0.5) is 16.2 Å². The van der Waals surface area contributed by atoms with Crippen LogP contribution in [0.15, 0.2) is 65.7 Å². The number of anilines is 2. The zero-order valence-corrected chi connectivity index (χ0v) is 18.3. The second kappa shape index (κ2) is 9.67. The molecule has 3 rings (SSSR count). The van der Waals surface area contributed by atoms with Crippen molar-refractivity contribution in [1.29, 1.82) is 0 Å². The molecule has 1 amide bonds. The molecule has 31 heavy (non-hydrogen) atoms. The number of nitrogens with one attached hydrogen (secondary N) is 2. The van der Waals surface area contributed by atoms with E-state index in [-0.39, 0.29) is 34.5 Å². The summed E-state index contributed by atoms with van der Waals surface area (Å²) in [4.78, 5) is 16.1. The predicted molar refractivity (Wildman–Crippen MR) is 118 cm³/mol. The molecular formula is C21H20ClN3O5S. The zero-order chi connectivity index (χ0) is 22.4. The lowest BCUT2D eigenvalue weighted by molar-refractivity contribution is 0.168. The molecule has 0 saturated carbocycles. The Morgan fingerprint density at radius 2 is 1.84 bits per heavy atom. The predicted octanol–water partition coefficient (Wildman–Crippen LogP) is 5.20. The molecule has 0 radical (unpaired) electrons. The lowest BCUT2D eigenvalue weighted by Gasteiger charge is -2.14. The molecule has 0 spiro atoms. The first-order chi connectivity index (χ1) is 14.8. The number of sulfonamides is 1. The quantitative estimate of drug-likeness (QED) is 0.500. The number of halogens is 1. The highest BCUT2D eigenvalue weighted by molar-refractivity contribution is 7.92. The molecule has 162 valence electrons. The van der Waals surface area contributed by atoms with Crippen molar-refractivity contribution in [2.24, 2.45) is 0 Å². The van der Waals surface area contributed by atoms with Crippen molar-refractivity contribution < 1.29 is 22.7 Å². The highest BCUT2D eigenvalue weighted by Crippen LogP contribution is 2.32. The number of hydrogen-bond donors (Lipinski definition) is 2. The van der Waals surface area contributed by atoms with Crippen molar-refractivity contribution in [2.45, 2.75) is 18.7 Å². The number of amides is 1. The summed E-state index contributed by atoms with van der Waals surface area (Å²) in [5, 5.41) is 2.98. The summed E-state index contributed by atoms with van der Waals surface area (Å²) in [5.41, 5.74) is 1.36. The van der Waals surface area contributed by atoms with E-state index in [1.807, 2.05) is 6.92 Å². The number of carbonyl (C=O) groups is 1. The van der Waals surface area contributed by atoms with Gasteiger partial charge in [-0.25, -0.2) is 18.2 Å². The molecule has 0 bridgehead atoms. The number of hydrogen-bond acceptors (Lipinski definition) is 6. The maximum Gasteiger partial charge on any atom is 0.411 e. The van der Waals surface area contributed by atoms with Crippen molar-refractivity contribution in [2.75, 3.05) is 16.6 Å². The summed E-state index contributed by atoms with van der Waals surface area (Å²) in [6, 6.07) is 14.0. The molecule has 8 nitrogen and oxygen atoms in total. The van der Waals surface area contributed by atoms with Crippen LogP contribution in [-0.2, 0) is 14.8 Å². The van der Waals surface area contributed by atoms with E-state index in [0.29, 0.717) is 5.02 Å². The Morgan fingerprint density at radius 1 is 1.10 bits per heavy atom. The topological polar surface area (TPSA) is 107 Å². The smallest absolute Gasteiger partial charge is 0.411 e. The van der Waals surface area contributed by atoms with Crippen LogP contribution in [-0.4, -0.2) is 26.1 Å². The van der Waals surface area contributed by atoms with Gasteiger partial charge in [0.05, 0.1) is 27.9 Å². The fourth-order valence-electron chi connectivity index (χ4n) is 2.52. The first-order valence-corrected chi connectivity index (χ1v) is 11.1. The third-order valence-electron chi connectivity index (χ3n) is 3.99. The number of benzene rings is 2. The first kappa shape index (κ1) is 22.4. The van der Waals surface area contributed by atoms with Crippen LogP contribution in [0.5, 0.6) is 11.6 Å². The largest absolute Gasteiger partial charge is 0.450 e. The van der Waals surface area contributed by atoms with Gasteiger partial charge in [0.2, 0.25) is 5.88 Å². The second-order valence-corrected chi connectivity index (χ2v) is 8.51. The number of pyridine rings is 1. The van der Waals surface area contributed by atoms with E-state index in [1.54, 1.807) is 31.2 Å². The summed E-state index contributed by atoms with van der Waals surface area (Å²) in [7, 11) is -3.82. The maximum atomic E-state index is 12.7. The Labute approximate surface area is 185 Å². The molecule has 0 saturated heterocycles. The standard InChI is InChI=1S/C21H20ClN3O5S/c1-3-29-21(26)24-18-12-16(25-31(27,28)17-8-4-14(2)5-9-17)7-10-19(18)30-20-11-6-15(22)13-23-20/h4-13,25H,3H2,1-2H3,(H,24,26). The number of ether oxygens (including phenoxy) is 2. The molecule has 0 atom stereocenters. The number of nitrogens with zero attached hydrogens (tertiary/aromatic N) is 1. The molecule has 10 heteroatoms. The third kappa shape index (κ3) is 6.09. The SMILES string of the molecule is CCOC(=O)Nc1cc(NS(=O)(=O)c2ccc(C)cc2)ccc1Oc1ccc(Cl)cn1. The Kier molecular flexibility index (Phi) is 6.98. The molecular weight excluding hydrogens is 442 g/mol. The molecule has 0 unspecified atom stereocenters. The van der Waals surface area contributed by atoms with E-state index >= 15 is 0 Å². The van der Waals surface area contributed by atoms with Gasteiger partial charge < -0.3 is 9.47 Å². The van der Waals surface area contributed by atoms with Crippen LogP contribution in [0.2, 0.25) is 5.02 Å². The number of aromatic nitrogens is 1. The highest BCUT2D eigenvalue weighted by atomic mass is 35.5. The van der Waals surface area contributed by atoms with Gasteiger partial charge in [-0.15, -0.1) is 0 Å². The lowest BCUT2D eigenvalue weighted by atomic mass is 10.2. The molecule has 0 aliphatic carbocycles. The molecule has 0 aliphatic heterocycles. The molecule has 1 aromatic heterocycles. The fraction of sp³-hybridized carbons (Fsp3) is 0.143. The van der Waals surface area contributed by atoms with Gasteiger partial charge in [0.25, 0.3) is 10.0 Å². The molecule has 2 N–H and O–H groups in total. The normalized spacial score (nSPS) is 10.9. The van der Waals surface area contributed by atoms with E-state index in [2.05, 4.69) is 15.0 Å². The Hall–Kier alpha value is -3.30. The van der Waals surface area contributed by atoms with Crippen LogP contribution < -0.4 is 14.8 Å². The Morgan fingerprint density at radius 3 is 2.48 bits per heavy atom. The summed E-state index contributed by atoms with van der Waals surface area (Å²) in [6.07, 6.45) is 0.703. The monoisotopic (exact) mass is 461 g/mol. The Balaban J connectivity index is 1.90. The van der Waals surface area contributed by atoms with Crippen LogP contribution in [0.1, 0.15) is 12.5 Å². The van der Waals surface area contributed by atoms with Crippen molar-refractivity contribution in [3.63, 3.8) is 0 Å². The van der Waals surface area contributed by atoms with Crippen molar-refractivity contribution in [3.05, 3.63) is 71.4 Å². The minimum Gasteiger partial charge on any atom is -0.450 e. The van der Waals surface area contributed by atoms with Crippen LogP contribution in [0.3, 0.4) is 0 Å². The minimum atomic E-state index is -3.82. The van der Waals surface area contributed by atoms with Gasteiger partial charge in [-0.1, -0.05) is 29.3 Å². The number of carbonyl (C=O) groups excluding carboxylic acids is 1.